The van der Waals surface area contributed by atoms with E-state index in [0.29, 0.717) is 30.7 Å². The standard InChI is InChI=1S/C14H12F3N3O2S/c15-14(16,17)13-19-10-7(3-1-5-9(10)23-13)12(22)20-6-2-4-8(20)11(18)21/h1,3,5,8H,2,4,6H2,(H2,18,21)/t8-/m1/s1. The molecule has 2 heterocycles. The molecule has 1 fully saturated rings. The lowest BCUT2D eigenvalue weighted by atomic mass is 10.1. The highest BCUT2D eigenvalue weighted by Crippen LogP contribution is 2.36. The molecular formula is C14H12F3N3O2S. The number of likely N-dealkylation sites (tertiary alicyclic amines) is 1. The van der Waals surface area contributed by atoms with Crippen LogP contribution in [-0.4, -0.2) is 34.3 Å². The minimum atomic E-state index is -4.56. The first-order valence-electron chi connectivity index (χ1n) is 6.86. The van der Waals surface area contributed by atoms with Crippen molar-refractivity contribution in [1.82, 2.24) is 9.88 Å². The summed E-state index contributed by atoms with van der Waals surface area (Å²) in [4.78, 5) is 28.9. The van der Waals surface area contributed by atoms with Crippen molar-refractivity contribution in [1.29, 1.82) is 0 Å². The molecule has 9 heteroatoms. The molecule has 1 aromatic carbocycles. The second kappa shape index (κ2) is 5.48. The third-order valence-corrected chi connectivity index (χ3v) is 4.80. The van der Waals surface area contributed by atoms with Gasteiger partial charge in [-0.25, -0.2) is 4.98 Å². The Morgan fingerprint density at radius 2 is 2.09 bits per heavy atom. The van der Waals surface area contributed by atoms with E-state index in [9.17, 15) is 22.8 Å². The predicted octanol–water partition coefficient (Wildman–Crippen LogP) is 2.41. The van der Waals surface area contributed by atoms with Crippen LogP contribution in [0.25, 0.3) is 10.2 Å². The fraction of sp³-hybridized carbons (Fsp3) is 0.357. The van der Waals surface area contributed by atoms with Crippen LogP contribution in [0.1, 0.15) is 28.2 Å². The first kappa shape index (κ1) is 15.7. The number of amides is 2. The fourth-order valence-electron chi connectivity index (χ4n) is 2.70. The Bertz CT molecular complexity index is 787. The zero-order valence-electron chi connectivity index (χ0n) is 11.8. The topological polar surface area (TPSA) is 76.3 Å². The second-order valence-corrected chi connectivity index (χ2v) is 6.26. The molecule has 0 radical (unpaired) electrons. The number of alkyl halides is 3. The number of primary amides is 1. The minimum Gasteiger partial charge on any atom is -0.368 e. The SMILES string of the molecule is NC(=O)[C@H]1CCCN1C(=O)c1cccc2sc(C(F)(F)F)nc12. The van der Waals surface area contributed by atoms with Crippen molar-refractivity contribution in [2.45, 2.75) is 25.1 Å². The summed E-state index contributed by atoms with van der Waals surface area (Å²) in [6.07, 6.45) is -3.48. The Hall–Kier alpha value is -2.16. The van der Waals surface area contributed by atoms with Crippen LogP contribution in [0.15, 0.2) is 18.2 Å². The Morgan fingerprint density at radius 3 is 2.74 bits per heavy atom. The van der Waals surface area contributed by atoms with E-state index in [-0.39, 0.29) is 15.8 Å². The van der Waals surface area contributed by atoms with Gasteiger partial charge in [-0.05, 0) is 25.0 Å². The molecule has 1 saturated heterocycles. The van der Waals surface area contributed by atoms with Crippen LogP contribution < -0.4 is 5.73 Å². The van der Waals surface area contributed by atoms with E-state index in [4.69, 9.17) is 5.73 Å². The van der Waals surface area contributed by atoms with E-state index in [1.807, 2.05) is 0 Å². The Labute approximate surface area is 132 Å². The number of fused-ring (bicyclic) bond motifs is 1. The van der Waals surface area contributed by atoms with Gasteiger partial charge < -0.3 is 10.6 Å². The van der Waals surface area contributed by atoms with Crippen LogP contribution in [0.4, 0.5) is 13.2 Å². The molecule has 5 nitrogen and oxygen atoms in total. The molecule has 1 aromatic heterocycles. The Kier molecular flexibility index (Phi) is 3.75. The van der Waals surface area contributed by atoms with Crippen molar-refractivity contribution in [3.63, 3.8) is 0 Å². The normalized spacial score (nSPS) is 18.6. The first-order valence-corrected chi connectivity index (χ1v) is 7.67. The van der Waals surface area contributed by atoms with E-state index in [1.165, 1.54) is 23.1 Å². The van der Waals surface area contributed by atoms with Crippen molar-refractivity contribution in [3.8, 4) is 0 Å². The van der Waals surface area contributed by atoms with Crippen LogP contribution in [-0.2, 0) is 11.0 Å². The van der Waals surface area contributed by atoms with Gasteiger partial charge in [-0.15, -0.1) is 11.3 Å². The highest BCUT2D eigenvalue weighted by Gasteiger charge is 2.37. The molecule has 122 valence electrons. The van der Waals surface area contributed by atoms with Gasteiger partial charge in [-0.1, -0.05) is 6.07 Å². The Balaban J connectivity index is 2.04. The maximum Gasteiger partial charge on any atom is 0.443 e. The third kappa shape index (κ3) is 2.76. The smallest absolute Gasteiger partial charge is 0.368 e. The minimum absolute atomic E-state index is 0.00458. The maximum absolute atomic E-state index is 12.8. The molecule has 0 aliphatic carbocycles. The molecule has 1 atom stereocenters. The average Bonchev–Trinajstić information content (AvgIpc) is 3.11. The number of rotatable bonds is 2. The summed E-state index contributed by atoms with van der Waals surface area (Å²) < 4.78 is 38.7. The number of carbonyl (C=O) groups is 2. The van der Waals surface area contributed by atoms with Gasteiger partial charge in [0, 0.05) is 6.54 Å². The van der Waals surface area contributed by atoms with Crippen molar-refractivity contribution < 1.29 is 22.8 Å². The monoisotopic (exact) mass is 343 g/mol. The van der Waals surface area contributed by atoms with E-state index in [2.05, 4.69) is 4.98 Å². The van der Waals surface area contributed by atoms with Crippen molar-refractivity contribution in [2.24, 2.45) is 5.73 Å². The van der Waals surface area contributed by atoms with Gasteiger partial charge in [0.2, 0.25) is 5.91 Å². The number of carbonyl (C=O) groups excluding carboxylic acids is 2. The number of nitrogens with zero attached hydrogens (tertiary/aromatic N) is 2. The fourth-order valence-corrected chi connectivity index (χ4v) is 3.56. The molecule has 1 aliphatic heterocycles. The van der Waals surface area contributed by atoms with E-state index in [1.54, 1.807) is 0 Å². The summed E-state index contributed by atoms with van der Waals surface area (Å²) in [6, 6.07) is 3.68. The summed E-state index contributed by atoms with van der Waals surface area (Å²) in [5.41, 5.74) is 5.35. The summed E-state index contributed by atoms with van der Waals surface area (Å²) in [6.45, 7) is 0.346. The molecule has 2 aromatic rings. The molecule has 2 amide bonds. The molecule has 0 saturated carbocycles. The number of hydrogen-bond acceptors (Lipinski definition) is 4. The van der Waals surface area contributed by atoms with Crippen LogP contribution in [0.3, 0.4) is 0 Å². The molecule has 2 N–H and O–H groups in total. The van der Waals surface area contributed by atoms with Crippen LogP contribution in [0.5, 0.6) is 0 Å². The first-order chi connectivity index (χ1) is 10.8. The zero-order valence-corrected chi connectivity index (χ0v) is 12.6. The lowest BCUT2D eigenvalue weighted by Gasteiger charge is -2.22. The van der Waals surface area contributed by atoms with Crippen molar-refractivity contribution >= 4 is 33.4 Å². The molecule has 0 bridgehead atoms. The molecular weight excluding hydrogens is 331 g/mol. The van der Waals surface area contributed by atoms with Crippen LogP contribution in [0, 0.1) is 0 Å². The number of para-hydroxylation sites is 1. The molecule has 3 rings (SSSR count). The maximum atomic E-state index is 12.8. The quantitative estimate of drug-likeness (QED) is 0.910. The van der Waals surface area contributed by atoms with Gasteiger partial charge in [0.05, 0.1) is 15.8 Å². The number of thiazole rings is 1. The van der Waals surface area contributed by atoms with Gasteiger partial charge >= 0.3 is 6.18 Å². The van der Waals surface area contributed by atoms with E-state index >= 15 is 0 Å². The molecule has 1 aliphatic rings. The lowest BCUT2D eigenvalue weighted by molar-refractivity contribution is -0.137. The van der Waals surface area contributed by atoms with Crippen molar-refractivity contribution in [2.75, 3.05) is 6.54 Å². The van der Waals surface area contributed by atoms with E-state index < -0.39 is 29.0 Å². The number of aromatic nitrogens is 1. The van der Waals surface area contributed by atoms with Gasteiger partial charge in [-0.2, -0.15) is 13.2 Å². The number of nitrogens with two attached hydrogens (primary N) is 1. The lowest BCUT2D eigenvalue weighted by Crippen LogP contribution is -2.43. The third-order valence-electron chi connectivity index (χ3n) is 3.73. The summed E-state index contributed by atoms with van der Waals surface area (Å²) in [5, 5.41) is -0.999. The highest BCUT2D eigenvalue weighted by molar-refractivity contribution is 7.18. The summed E-state index contributed by atoms with van der Waals surface area (Å²) in [5.74, 6) is -1.13. The number of hydrogen-bond donors (Lipinski definition) is 1. The van der Waals surface area contributed by atoms with Gasteiger partial charge in [0.25, 0.3) is 5.91 Å². The second-order valence-electron chi connectivity index (χ2n) is 5.23. The summed E-state index contributed by atoms with van der Waals surface area (Å²) >= 11 is 0.487. The number of benzene rings is 1. The van der Waals surface area contributed by atoms with Crippen molar-refractivity contribution in [3.05, 3.63) is 28.8 Å². The average molecular weight is 343 g/mol. The predicted molar refractivity (Wildman–Crippen MR) is 77.9 cm³/mol. The van der Waals surface area contributed by atoms with Gasteiger partial charge in [0.1, 0.15) is 6.04 Å². The summed E-state index contributed by atoms with van der Waals surface area (Å²) in [7, 11) is 0. The largest absolute Gasteiger partial charge is 0.443 e. The molecule has 23 heavy (non-hydrogen) atoms. The molecule has 0 spiro atoms. The molecule has 0 unspecified atom stereocenters. The van der Waals surface area contributed by atoms with Gasteiger partial charge in [0.15, 0.2) is 5.01 Å². The van der Waals surface area contributed by atoms with Crippen LogP contribution in [0.2, 0.25) is 0 Å². The number of halogens is 3. The van der Waals surface area contributed by atoms with E-state index in [0.717, 1.165) is 0 Å². The van der Waals surface area contributed by atoms with Crippen LogP contribution >= 0.6 is 11.3 Å². The van der Waals surface area contributed by atoms with Gasteiger partial charge in [-0.3, -0.25) is 9.59 Å². The highest BCUT2D eigenvalue weighted by atomic mass is 32.1. The zero-order chi connectivity index (χ0) is 16.8. The Morgan fingerprint density at radius 1 is 1.35 bits per heavy atom.